The van der Waals surface area contributed by atoms with E-state index in [1.54, 1.807) is 17.1 Å². The van der Waals surface area contributed by atoms with Gasteiger partial charge in [-0.2, -0.15) is 5.26 Å². The SMILES string of the molecule is N#CCNC(=O)CNCCCn1ccnn1. The Kier molecular flexibility index (Phi) is 5.58. The number of carbonyl (C=O) groups excluding carboxylic acids is 1. The number of carbonyl (C=O) groups is 1. The van der Waals surface area contributed by atoms with Crippen LogP contribution in [0.2, 0.25) is 0 Å². The van der Waals surface area contributed by atoms with Crippen molar-refractivity contribution >= 4 is 5.91 Å². The summed E-state index contributed by atoms with van der Waals surface area (Å²) in [5.74, 6) is -0.165. The molecule has 2 N–H and O–H groups in total. The van der Waals surface area contributed by atoms with Gasteiger partial charge in [-0.05, 0) is 13.0 Å². The number of rotatable bonds is 7. The van der Waals surface area contributed by atoms with E-state index in [2.05, 4.69) is 20.9 Å². The second-order valence-electron chi connectivity index (χ2n) is 3.13. The highest BCUT2D eigenvalue weighted by Gasteiger charge is 1.98. The molecule has 1 aromatic heterocycles. The predicted octanol–water partition coefficient (Wildman–Crippen LogP) is -1.10. The molecule has 1 aromatic rings. The number of nitriles is 1. The normalized spacial score (nSPS) is 9.69. The van der Waals surface area contributed by atoms with Crippen LogP contribution < -0.4 is 10.6 Å². The Balaban J connectivity index is 1.96. The monoisotopic (exact) mass is 222 g/mol. The van der Waals surface area contributed by atoms with Gasteiger partial charge in [0, 0.05) is 12.7 Å². The molecule has 7 heteroatoms. The maximum absolute atomic E-state index is 11.0. The second kappa shape index (κ2) is 7.36. The van der Waals surface area contributed by atoms with Crippen molar-refractivity contribution < 1.29 is 4.79 Å². The maximum atomic E-state index is 11.0. The summed E-state index contributed by atoms with van der Waals surface area (Å²) in [6, 6.07) is 1.84. The molecule has 0 aliphatic carbocycles. The molecular formula is C9H14N6O. The molecule has 0 aliphatic heterocycles. The molecule has 1 heterocycles. The van der Waals surface area contributed by atoms with Crippen LogP contribution in [0.15, 0.2) is 12.4 Å². The fourth-order valence-corrected chi connectivity index (χ4v) is 1.12. The van der Waals surface area contributed by atoms with Crippen molar-refractivity contribution in [3.63, 3.8) is 0 Å². The Morgan fingerprint density at radius 1 is 1.56 bits per heavy atom. The van der Waals surface area contributed by atoms with Gasteiger partial charge in [-0.3, -0.25) is 9.48 Å². The van der Waals surface area contributed by atoms with Gasteiger partial charge in [-0.15, -0.1) is 5.10 Å². The lowest BCUT2D eigenvalue weighted by Gasteiger charge is -2.04. The van der Waals surface area contributed by atoms with Crippen molar-refractivity contribution in [2.45, 2.75) is 13.0 Å². The van der Waals surface area contributed by atoms with Gasteiger partial charge in [-0.25, -0.2) is 0 Å². The third-order valence-corrected chi connectivity index (χ3v) is 1.86. The van der Waals surface area contributed by atoms with Crippen molar-refractivity contribution in [3.05, 3.63) is 12.4 Å². The van der Waals surface area contributed by atoms with Gasteiger partial charge >= 0.3 is 0 Å². The quantitative estimate of drug-likeness (QED) is 0.451. The second-order valence-corrected chi connectivity index (χ2v) is 3.13. The van der Waals surface area contributed by atoms with E-state index in [-0.39, 0.29) is 19.0 Å². The summed E-state index contributed by atoms with van der Waals surface area (Å²) in [5, 5.41) is 21.1. The summed E-state index contributed by atoms with van der Waals surface area (Å²) in [5.41, 5.74) is 0. The van der Waals surface area contributed by atoms with Gasteiger partial charge in [-0.1, -0.05) is 5.21 Å². The van der Waals surface area contributed by atoms with Gasteiger partial charge < -0.3 is 10.6 Å². The third kappa shape index (κ3) is 5.07. The van der Waals surface area contributed by atoms with E-state index in [9.17, 15) is 4.79 Å². The van der Waals surface area contributed by atoms with E-state index < -0.39 is 0 Å². The van der Waals surface area contributed by atoms with E-state index in [1.807, 2.05) is 6.07 Å². The van der Waals surface area contributed by atoms with Crippen molar-refractivity contribution in [2.75, 3.05) is 19.6 Å². The van der Waals surface area contributed by atoms with Gasteiger partial charge in [0.25, 0.3) is 0 Å². The van der Waals surface area contributed by atoms with Crippen molar-refractivity contribution in [2.24, 2.45) is 0 Å². The molecular weight excluding hydrogens is 208 g/mol. The lowest BCUT2D eigenvalue weighted by atomic mass is 10.4. The topological polar surface area (TPSA) is 95.6 Å². The number of nitrogens with one attached hydrogen (secondary N) is 2. The molecule has 0 aliphatic rings. The molecule has 0 saturated heterocycles. The number of hydrogen-bond donors (Lipinski definition) is 2. The average Bonchev–Trinajstić information content (AvgIpc) is 2.79. The van der Waals surface area contributed by atoms with Crippen LogP contribution in [-0.2, 0) is 11.3 Å². The predicted molar refractivity (Wildman–Crippen MR) is 56.1 cm³/mol. The molecule has 7 nitrogen and oxygen atoms in total. The van der Waals surface area contributed by atoms with Crippen LogP contribution in [0.4, 0.5) is 0 Å². The van der Waals surface area contributed by atoms with Crippen LogP contribution in [-0.4, -0.2) is 40.5 Å². The number of nitrogens with zero attached hydrogens (tertiary/aromatic N) is 4. The molecule has 0 spiro atoms. The van der Waals surface area contributed by atoms with E-state index in [0.29, 0.717) is 0 Å². The Labute approximate surface area is 93.4 Å². The molecule has 1 amide bonds. The zero-order valence-corrected chi connectivity index (χ0v) is 8.89. The molecule has 0 fully saturated rings. The first kappa shape index (κ1) is 12.1. The Bertz CT molecular complexity index is 341. The van der Waals surface area contributed by atoms with Gasteiger partial charge in [0.2, 0.25) is 5.91 Å². The van der Waals surface area contributed by atoms with Crippen LogP contribution in [0, 0.1) is 11.3 Å². The van der Waals surface area contributed by atoms with Crippen LogP contribution >= 0.6 is 0 Å². The first-order chi connectivity index (χ1) is 7.83. The molecule has 0 aromatic carbocycles. The highest BCUT2D eigenvalue weighted by molar-refractivity contribution is 5.78. The minimum atomic E-state index is -0.165. The molecule has 0 unspecified atom stereocenters. The summed E-state index contributed by atoms with van der Waals surface area (Å²) in [6.45, 7) is 1.78. The zero-order valence-electron chi connectivity index (χ0n) is 8.89. The van der Waals surface area contributed by atoms with Crippen LogP contribution in [0.25, 0.3) is 0 Å². The largest absolute Gasteiger partial charge is 0.342 e. The summed E-state index contributed by atoms with van der Waals surface area (Å²) in [7, 11) is 0. The molecule has 1 rings (SSSR count). The summed E-state index contributed by atoms with van der Waals surface area (Å²) in [4.78, 5) is 11.0. The van der Waals surface area contributed by atoms with Crippen molar-refractivity contribution in [1.29, 1.82) is 5.26 Å². The Morgan fingerprint density at radius 2 is 2.44 bits per heavy atom. The first-order valence-corrected chi connectivity index (χ1v) is 5.01. The van der Waals surface area contributed by atoms with E-state index in [1.165, 1.54) is 0 Å². The highest BCUT2D eigenvalue weighted by atomic mass is 16.1. The van der Waals surface area contributed by atoms with Gasteiger partial charge in [0.15, 0.2) is 0 Å². The summed E-state index contributed by atoms with van der Waals surface area (Å²) in [6.07, 6.45) is 4.29. The summed E-state index contributed by atoms with van der Waals surface area (Å²) >= 11 is 0. The van der Waals surface area contributed by atoms with Crippen LogP contribution in [0.3, 0.4) is 0 Å². The van der Waals surface area contributed by atoms with Crippen LogP contribution in [0.5, 0.6) is 0 Å². The smallest absolute Gasteiger partial charge is 0.234 e. The molecule has 86 valence electrons. The zero-order chi connectivity index (χ0) is 11.6. The number of aryl methyl sites for hydroxylation is 1. The number of hydrogen-bond acceptors (Lipinski definition) is 5. The average molecular weight is 222 g/mol. The Morgan fingerprint density at radius 3 is 3.12 bits per heavy atom. The first-order valence-electron chi connectivity index (χ1n) is 5.01. The standard InChI is InChI=1S/C9H14N6O/c10-2-4-12-9(16)8-11-3-1-6-15-7-5-13-14-15/h5,7,11H,1,3-4,6,8H2,(H,12,16). The highest BCUT2D eigenvalue weighted by Crippen LogP contribution is 1.85. The Hall–Kier alpha value is -1.94. The number of aromatic nitrogens is 3. The van der Waals surface area contributed by atoms with E-state index >= 15 is 0 Å². The minimum absolute atomic E-state index is 0.0550. The fraction of sp³-hybridized carbons (Fsp3) is 0.556. The van der Waals surface area contributed by atoms with Crippen LogP contribution in [0.1, 0.15) is 6.42 Å². The van der Waals surface area contributed by atoms with E-state index in [0.717, 1.165) is 19.5 Å². The third-order valence-electron chi connectivity index (χ3n) is 1.86. The lowest BCUT2D eigenvalue weighted by Crippen LogP contribution is -2.34. The molecule has 0 atom stereocenters. The maximum Gasteiger partial charge on any atom is 0.234 e. The molecule has 0 radical (unpaired) electrons. The number of amides is 1. The summed E-state index contributed by atoms with van der Waals surface area (Å²) < 4.78 is 1.73. The molecule has 0 bridgehead atoms. The van der Waals surface area contributed by atoms with Crippen molar-refractivity contribution in [3.8, 4) is 6.07 Å². The molecule has 0 saturated carbocycles. The molecule has 16 heavy (non-hydrogen) atoms. The van der Waals surface area contributed by atoms with Crippen molar-refractivity contribution in [1.82, 2.24) is 25.6 Å². The minimum Gasteiger partial charge on any atom is -0.342 e. The lowest BCUT2D eigenvalue weighted by molar-refractivity contribution is -0.120. The fourth-order valence-electron chi connectivity index (χ4n) is 1.12. The van der Waals surface area contributed by atoms with Gasteiger partial charge in [0.05, 0.1) is 18.8 Å². The van der Waals surface area contributed by atoms with Gasteiger partial charge in [0.1, 0.15) is 6.54 Å². The van der Waals surface area contributed by atoms with E-state index in [4.69, 9.17) is 5.26 Å².